The Hall–Kier alpha value is -0.890. The topological polar surface area (TPSA) is 12.0 Å². The minimum Gasteiger partial charge on any atom is -0.310 e. The van der Waals surface area contributed by atoms with Gasteiger partial charge < -0.3 is 5.32 Å². The van der Waals surface area contributed by atoms with Crippen LogP contribution in [-0.2, 0) is 0 Å². The van der Waals surface area contributed by atoms with Crippen molar-refractivity contribution in [2.24, 2.45) is 5.92 Å². The number of halogens is 1. The normalized spacial score (nSPS) is 18.1. The molecule has 2 heteroatoms. The molecule has 2 rings (SSSR count). The van der Waals surface area contributed by atoms with Crippen LogP contribution in [0.25, 0.3) is 0 Å². The number of hydrogen-bond acceptors (Lipinski definition) is 1. The molecule has 1 aromatic rings. The van der Waals surface area contributed by atoms with Gasteiger partial charge in [-0.1, -0.05) is 12.1 Å². The molecule has 0 spiro atoms. The second-order valence-corrected chi connectivity index (χ2v) is 4.12. The van der Waals surface area contributed by atoms with Crippen LogP contribution in [0.3, 0.4) is 0 Å². The largest absolute Gasteiger partial charge is 0.310 e. The van der Waals surface area contributed by atoms with Crippen molar-refractivity contribution in [2.45, 2.75) is 25.8 Å². The molecule has 1 N–H and O–H groups in total. The van der Waals surface area contributed by atoms with E-state index in [-0.39, 0.29) is 5.82 Å². The molecule has 0 aromatic heterocycles. The van der Waals surface area contributed by atoms with Gasteiger partial charge in [-0.3, -0.25) is 0 Å². The highest BCUT2D eigenvalue weighted by molar-refractivity contribution is 5.19. The molecule has 0 aliphatic heterocycles. The lowest BCUT2D eigenvalue weighted by Gasteiger charge is -2.13. The van der Waals surface area contributed by atoms with E-state index in [1.807, 2.05) is 12.1 Å². The molecular formula is C12H16FN. The van der Waals surface area contributed by atoms with Crippen LogP contribution in [0, 0.1) is 11.7 Å². The Labute approximate surface area is 84.3 Å². The van der Waals surface area contributed by atoms with Crippen molar-refractivity contribution in [2.75, 3.05) is 6.54 Å². The molecule has 14 heavy (non-hydrogen) atoms. The number of hydrogen-bond donors (Lipinski definition) is 1. The second kappa shape index (κ2) is 4.09. The molecule has 0 heterocycles. The minimum absolute atomic E-state index is 0.164. The molecule has 1 atom stereocenters. The summed E-state index contributed by atoms with van der Waals surface area (Å²) in [6.07, 6.45) is 2.73. The van der Waals surface area contributed by atoms with Crippen LogP contribution in [0.2, 0.25) is 0 Å². The van der Waals surface area contributed by atoms with E-state index >= 15 is 0 Å². The number of rotatable bonds is 4. The smallest absolute Gasteiger partial charge is 0.123 e. The van der Waals surface area contributed by atoms with Crippen LogP contribution in [-0.4, -0.2) is 6.54 Å². The standard InChI is InChI=1S/C12H16FN/c1-9(14-8-10-2-3-10)11-4-6-12(13)7-5-11/h4-7,9-10,14H,2-3,8H2,1H3/t9-/m0/s1. The van der Waals surface area contributed by atoms with Gasteiger partial charge in [0.05, 0.1) is 0 Å². The van der Waals surface area contributed by atoms with Crippen LogP contribution in [0.5, 0.6) is 0 Å². The van der Waals surface area contributed by atoms with Crippen LogP contribution >= 0.6 is 0 Å². The third kappa shape index (κ3) is 2.55. The molecular weight excluding hydrogens is 177 g/mol. The molecule has 76 valence electrons. The van der Waals surface area contributed by atoms with E-state index < -0.39 is 0 Å². The predicted octanol–water partition coefficient (Wildman–Crippen LogP) is 2.89. The maximum Gasteiger partial charge on any atom is 0.123 e. The summed E-state index contributed by atoms with van der Waals surface area (Å²) in [5.41, 5.74) is 1.16. The lowest BCUT2D eigenvalue weighted by molar-refractivity contribution is 0.547. The van der Waals surface area contributed by atoms with Crippen molar-refractivity contribution in [3.8, 4) is 0 Å². The Kier molecular flexibility index (Phi) is 2.82. The molecule has 1 aliphatic carbocycles. The summed E-state index contributed by atoms with van der Waals surface area (Å²) >= 11 is 0. The highest BCUT2D eigenvalue weighted by Crippen LogP contribution is 2.28. The van der Waals surface area contributed by atoms with E-state index in [0.717, 1.165) is 18.0 Å². The molecule has 0 radical (unpaired) electrons. The quantitative estimate of drug-likeness (QED) is 0.775. The second-order valence-electron chi connectivity index (χ2n) is 4.12. The molecule has 0 bridgehead atoms. The van der Waals surface area contributed by atoms with E-state index in [1.54, 1.807) is 0 Å². The fourth-order valence-corrected chi connectivity index (χ4v) is 1.53. The van der Waals surface area contributed by atoms with Gasteiger partial charge in [-0.05, 0) is 49.9 Å². The van der Waals surface area contributed by atoms with Crippen molar-refractivity contribution in [3.63, 3.8) is 0 Å². The zero-order chi connectivity index (χ0) is 9.97. The molecule has 1 aromatic carbocycles. The Bertz CT molecular complexity index is 290. The summed E-state index contributed by atoms with van der Waals surface area (Å²) in [6.45, 7) is 3.22. The SMILES string of the molecule is C[C@H](NCC1CC1)c1ccc(F)cc1. The van der Waals surface area contributed by atoms with E-state index in [4.69, 9.17) is 0 Å². The fourth-order valence-electron chi connectivity index (χ4n) is 1.53. The van der Waals surface area contributed by atoms with Crippen molar-refractivity contribution in [1.29, 1.82) is 0 Å². The summed E-state index contributed by atoms with van der Waals surface area (Å²) in [5.74, 6) is 0.723. The van der Waals surface area contributed by atoms with E-state index in [1.165, 1.54) is 25.0 Å². The number of benzene rings is 1. The first-order valence-electron chi connectivity index (χ1n) is 5.24. The average molecular weight is 193 g/mol. The lowest BCUT2D eigenvalue weighted by atomic mass is 10.1. The Morgan fingerprint density at radius 2 is 2.00 bits per heavy atom. The van der Waals surface area contributed by atoms with Gasteiger partial charge in [0.25, 0.3) is 0 Å². The third-order valence-electron chi connectivity index (χ3n) is 2.78. The van der Waals surface area contributed by atoms with E-state index in [2.05, 4.69) is 12.2 Å². The molecule has 1 aliphatic rings. The Morgan fingerprint density at radius 3 is 2.57 bits per heavy atom. The van der Waals surface area contributed by atoms with Gasteiger partial charge in [0.2, 0.25) is 0 Å². The summed E-state index contributed by atoms with van der Waals surface area (Å²) < 4.78 is 12.7. The first-order valence-corrected chi connectivity index (χ1v) is 5.24. The highest BCUT2D eigenvalue weighted by Gasteiger charge is 2.21. The Morgan fingerprint density at radius 1 is 1.36 bits per heavy atom. The van der Waals surface area contributed by atoms with Gasteiger partial charge in [0.1, 0.15) is 5.82 Å². The maximum atomic E-state index is 12.7. The van der Waals surface area contributed by atoms with Gasteiger partial charge in [0.15, 0.2) is 0 Å². The molecule has 1 fully saturated rings. The molecule has 1 saturated carbocycles. The minimum atomic E-state index is -0.164. The predicted molar refractivity (Wildman–Crippen MR) is 55.5 cm³/mol. The fraction of sp³-hybridized carbons (Fsp3) is 0.500. The van der Waals surface area contributed by atoms with Gasteiger partial charge in [0, 0.05) is 6.04 Å². The third-order valence-corrected chi connectivity index (χ3v) is 2.78. The van der Waals surface area contributed by atoms with Crippen molar-refractivity contribution < 1.29 is 4.39 Å². The summed E-state index contributed by atoms with van der Waals surface area (Å²) in [7, 11) is 0. The van der Waals surface area contributed by atoms with Crippen molar-refractivity contribution >= 4 is 0 Å². The molecule has 0 saturated heterocycles. The maximum absolute atomic E-state index is 12.7. The lowest BCUT2D eigenvalue weighted by Crippen LogP contribution is -2.20. The van der Waals surface area contributed by atoms with Crippen molar-refractivity contribution in [1.82, 2.24) is 5.32 Å². The number of nitrogens with one attached hydrogen (secondary N) is 1. The van der Waals surface area contributed by atoms with Crippen LogP contribution < -0.4 is 5.32 Å². The van der Waals surface area contributed by atoms with Gasteiger partial charge in [-0.2, -0.15) is 0 Å². The summed E-state index contributed by atoms with van der Waals surface area (Å²) in [4.78, 5) is 0. The molecule has 0 unspecified atom stereocenters. The van der Waals surface area contributed by atoms with Crippen molar-refractivity contribution in [3.05, 3.63) is 35.6 Å². The van der Waals surface area contributed by atoms with Crippen LogP contribution in [0.4, 0.5) is 4.39 Å². The Balaban J connectivity index is 1.88. The van der Waals surface area contributed by atoms with Gasteiger partial charge in [-0.15, -0.1) is 0 Å². The van der Waals surface area contributed by atoms with E-state index in [9.17, 15) is 4.39 Å². The van der Waals surface area contributed by atoms with Crippen LogP contribution in [0.15, 0.2) is 24.3 Å². The van der Waals surface area contributed by atoms with Gasteiger partial charge >= 0.3 is 0 Å². The highest BCUT2D eigenvalue weighted by atomic mass is 19.1. The zero-order valence-electron chi connectivity index (χ0n) is 8.46. The monoisotopic (exact) mass is 193 g/mol. The van der Waals surface area contributed by atoms with Gasteiger partial charge in [-0.25, -0.2) is 4.39 Å². The summed E-state index contributed by atoms with van der Waals surface area (Å²) in [5, 5.41) is 3.46. The molecule has 0 amide bonds. The average Bonchev–Trinajstić information content (AvgIpc) is 2.99. The van der Waals surface area contributed by atoms with Crippen LogP contribution in [0.1, 0.15) is 31.4 Å². The zero-order valence-corrected chi connectivity index (χ0v) is 8.46. The van der Waals surface area contributed by atoms with E-state index in [0.29, 0.717) is 6.04 Å². The summed E-state index contributed by atoms with van der Waals surface area (Å²) in [6, 6.07) is 7.06. The first-order chi connectivity index (χ1) is 6.75. The molecule has 1 nitrogen and oxygen atoms in total. The first kappa shape index (κ1) is 9.66.